The van der Waals surface area contributed by atoms with Gasteiger partial charge in [0, 0.05) is 12.8 Å². The van der Waals surface area contributed by atoms with E-state index < -0.39 is 17.6 Å². The van der Waals surface area contributed by atoms with Gasteiger partial charge in [-0.15, -0.1) is 0 Å². The molecule has 3 rings (SSSR count). The Hall–Kier alpha value is -2.74. The SMILES string of the molecule is Cc1ccc(NC(=O)C(=O)Nc2cnn(C[C@@H]3CCCO3)c2)c(F)c1. The first kappa shape index (κ1) is 17.1. The van der Waals surface area contributed by atoms with E-state index in [2.05, 4.69) is 15.7 Å². The first-order valence-electron chi connectivity index (χ1n) is 8.04. The van der Waals surface area contributed by atoms with E-state index in [0.29, 0.717) is 12.2 Å². The van der Waals surface area contributed by atoms with E-state index in [4.69, 9.17) is 4.74 Å². The van der Waals surface area contributed by atoms with Crippen LogP contribution >= 0.6 is 0 Å². The summed E-state index contributed by atoms with van der Waals surface area (Å²) in [5.41, 5.74) is 1.07. The van der Waals surface area contributed by atoms with Crippen LogP contribution in [0.1, 0.15) is 18.4 Å². The molecule has 1 aromatic heterocycles. The van der Waals surface area contributed by atoms with E-state index in [1.807, 2.05) is 0 Å². The highest BCUT2D eigenvalue weighted by molar-refractivity contribution is 6.43. The molecule has 25 heavy (non-hydrogen) atoms. The van der Waals surface area contributed by atoms with Gasteiger partial charge in [-0.05, 0) is 37.5 Å². The zero-order valence-corrected chi connectivity index (χ0v) is 13.8. The maximum atomic E-state index is 13.7. The number of carbonyl (C=O) groups excluding carboxylic acids is 2. The predicted molar refractivity (Wildman–Crippen MR) is 89.6 cm³/mol. The largest absolute Gasteiger partial charge is 0.376 e. The van der Waals surface area contributed by atoms with E-state index in [1.54, 1.807) is 23.9 Å². The van der Waals surface area contributed by atoms with E-state index in [0.717, 1.165) is 25.0 Å². The van der Waals surface area contributed by atoms with Crippen LogP contribution in [0.3, 0.4) is 0 Å². The van der Waals surface area contributed by atoms with Gasteiger partial charge in [0.15, 0.2) is 0 Å². The molecule has 8 heteroatoms. The maximum absolute atomic E-state index is 13.7. The summed E-state index contributed by atoms with van der Waals surface area (Å²) in [5.74, 6) is -2.43. The lowest BCUT2D eigenvalue weighted by atomic mass is 10.2. The quantitative estimate of drug-likeness (QED) is 0.830. The molecule has 2 aromatic rings. The predicted octanol–water partition coefficient (Wildman–Crippen LogP) is 2.09. The molecule has 0 unspecified atom stereocenters. The Balaban J connectivity index is 1.56. The molecule has 132 valence electrons. The molecule has 0 aliphatic carbocycles. The number of halogens is 1. The summed E-state index contributed by atoms with van der Waals surface area (Å²) in [5, 5.41) is 8.82. The Morgan fingerprint density at radius 1 is 1.36 bits per heavy atom. The lowest BCUT2D eigenvalue weighted by Crippen LogP contribution is -2.29. The summed E-state index contributed by atoms with van der Waals surface area (Å²) in [6.07, 6.45) is 5.21. The average molecular weight is 346 g/mol. The third kappa shape index (κ3) is 4.42. The van der Waals surface area contributed by atoms with Crippen molar-refractivity contribution < 1.29 is 18.7 Å². The fourth-order valence-corrected chi connectivity index (χ4v) is 2.61. The Labute approximate surface area is 144 Å². The first-order chi connectivity index (χ1) is 12.0. The zero-order chi connectivity index (χ0) is 17.8. The van der Waals surface area contributed by atoms with Crippen molar-refractivity contribution in [2.45, 2.75) is 32.4 Å². The zero-order valence-electron chi connectivity index (χ0n) is 13.8. The van der Waals surface area contributed by atoms with E-state index in [9.17, 15) is 14.0 Å². The number of ether oxygens (including phenoxy) is 1. The standard InChI is InChI=1S/C17H19FN4O3/c1-11-4-5-15(14(18)7-11)21-17(24)16(23)20-12-8-19-22(9-12)10-13-3-2-6-25-13/h4-5,7-9,13H,2-3,6,10H2,1H3,(H,20,23)(H,21,24)/t13-/m0/s1. The molecular formula is C17H19FN4O3. The number of rotatable bonds is 4. The van der Waals surface area contributed by atoms with Crippen molar-refractivity contribution in [1.29, 1.82) is 0 Å². The molecule has 1 aromatic carbocycles. The molecule has 2 N–H and O–H groups in total. The number of nitrogens with one attached hydrogen (secondary N) is 2. The van der Waals surface area contributed by atoms with E-state index >= 15 is 0 Å². The van der Waals surface area contributed by atoms with Crippen molar-refractivity contribution in [1.82, 2.24) is 9.78 Å². The van der Waals surface area contributed by atoms with Crippen LogP contribution in [0.15, 0.2) is 30.6 Å². The van der Waals surface area contributed by atoms with Crippen molar-refractivity contribution in [2.75, 3.05) is 17.2 Å². The van der Waals surface area contributed by atoms with Crippen LogP contribution in [-0.2, 0) is 20.9 Å². The minimum atomic E-state index is -0.949. The minimum Gasteiger partial charge on any atom is -0.376 e. The highest BCUT2D eigenvalue weighted by atomic mass is 19.1. The Morgan fingerprint density at radius 3 is 2.88 bits per heavy atom. The number of nitrogens with zero attached hydrogens (tertiary/aromatic N) is 2. The van der Waals surface area contributed by atoms with Gasteiger partial charge in [0.25, 0.3) is 0 Å². The third-order valence-corrected chi connectivity index (χ3v) is 3.88. The summed E-state index contributed by atoms with van der Waals surface area (Å²) < 4.78 is 20.9. The summed E-state index contributed by atoms with van der Waals surface area (Å²) in [6.45, 7) is 3.08. The number of anilines is 2. The Kier molecular flexibility index (Phi) is 5.08. The molecule has 1 saturated heterocycles. The maximum Gasteiger partial charge on any atom is 0.314 e. The number of benzene rings is 1. The molecule has 0 spiro atoms. The topological polar surface area (TPSA) is 85.3 Å². The molecule has 2 heterocycles. The van der Waals surface area contributed by atoms with Gasteiger partial charge in [0.1, 0.15) is 5.82 Å². The van der Waals surface area contributed by atoms with Crippen molar-refractivity contribution >= 4 is 23.2 Å². The van der Waals surface area contributed by atoms with Crippen molar-refractivity contribution in [3.8, 4) is 0 Å². The third-order valence-electron chi connectivity index (χ3n) is 3.88. The normalized spacial score (nSPS) is 16.6. The van der Waals surface area contributed by atoms with Gasteiger partial charge in [0.05, 0.1) is 30.2 Å². The summed E-state index contributed by atoms with van der Waals surface area (Å²) >= 11 is 0. The summed E-state index contributed by atoms with van der Waals surface area (Å²) in [7, 11) is 0. The highest BCUT2D eigenvalue weighted by Crippen LogP contribution is 2.16. The first-order valence-corrected chi connectivity index (χ1v) is 8.04. The molecule has 0 radical (unpaired) electrons. The molecular weight excluding hydrogens is 327 g/mol. The number of aromatic nitrogens is 2. The van der Waals surface area contributed by atoms with Crippen molar-refractivity contribution in [3.63, 3.8) is 0 Å². The van der Waals surface area contributed by atoms with E-state index in [1.165, 1.54) is 18.3 Å². The van der Waals surface area contributed by atoms with Gasteiger partial charge >= 0.3 is 11.8 Å². The summed E-state index contributed by atoms with van der Waals surface area (Å²) in [6, 6.07) is 4.34. The molecule has 0 bridgehead atoms. The molecule has 2 amide bonds. The number of carbonyl (C=O) groups is 2. The lowest BCUT2D eigenvalue weighted by Gasteiger charge is -2.08. The molecule has 1 aliphatic heterocycles. The molecule has 7 nitrogen and oxygen atoms in total. The van der Waals surface area contributed by atoms with Gasteiger partial charge < -0.3 is 15.4 Å². The fraction of sp³-hybridized carbons (Fsp3) is 0.353. The monoisotopic (exact) mass is 346 g/mol. The van der Waals surface area contributed by atoms with Gasteiger partial charge in [-0.25, -0.2) is 4.39 Å². The fourth-order valence-electron chi connectivity index (χ4n) is 2.61. The van der Waals surface area contributed by atoms with E-state index in [-0.39, 0.29) is 11.8 Å². The number of amides is 2. The van der Waals surface area contributed by atoms with Crippen LogP contribution in [-0.4, -0.2) is 34.3 Å². The lowest BCUT2D eigenvalue weighted by molar-refractivity contribution is -0.133. The average Bonchev–Trinajstić information content (AvgIpc) is 3.22. The van der Waals surface area contributed by atoms with Crippen LogP contribution < -0.4 is 10.6 Å². The van der Waals surface area contributed by atoms with Gasteiger partial charge in [-0.1, -0.05) is 6.07 Å². The molecule has 0 saturated carbocycles. The van der Waals surface area contributed by atoms with Crippen LogP contribution in [0.4, 0.5) is 15.8 Å². The van der Waals surface area contributed by atoms with Crippen molar-refractivity contribution in [2.24, 2.45) is 0 Å². The number of aryl methyl sites for hydroxylation is 1. The minimum absolute atomic E-state index is 0.0418. The molecule has 1 atom stereocenters. The Bertz CT molecular complexity index is 784. The summed E-state index contributed by atoms with van der Waals surface area (Å²) in [4.78, 5) is 23.8. The van der Waals surface area contributed by atoms with Crippen molar-refractivity contribution in [3.05, 3.63) is 42.0 Å². The second kappa shape index (κ2) is 7.43. The second-order valence-corrected chi connectivity index (χ2v) is 5.98. The number of hydrogen-bond donors (Lipinski definition) is 2. The molecule has 1 aliphatic rings. The Morgan fingerprint density at radius 2 is 2.16 bits per heavy atom. The number of hydrogen-bond acceptors (Lipinski definition) is 4. The van der Waals surface area contributed by atoms with Gasteiger partial charge in [0.2, 0.25) is 0 Å². The van der Waals surface area contributed by atoms with Crippen LogP contribution in [0.5, 0.6) is 0 Å². The smallest absolute Gasteiger partial charge is 0.314 e. The van der Waals surface area contributed by atoms with Crippen LogP contribution in [0, 0.1) is 12.7 Å². The second-order valence-electron chi connectivity index (χ2n) is 5.98. The van der Waals surface area contributed by atoms with Gasteiger partial charge in [-0.2, -0.15) is 5.10 Å². The van der Waals surface area contributed by atoms with Crippen LogP contribution in [0.2, 0.25) is 0 Å². The van der Waals surface area contributed by atoms with Gasteiger partial charge in [-0.3, -0.25) is 14.3 Å². The molecule has 1 fully saturated rings. The highest BCUT2D eigenvalue weighted by Gasteiger charge is 2.18. The van der Waals surface area contributed by atoms with Crippen LogP contribution in [0.25, 0.3) is 0 Å².